The molecule has 0 unspecified atom stereocenters. The Morgan fingerprint density at radius 2 is 2.00 bits per heavy atom. The molecular formula is C18H15ClFN5. The highest BCUT2D eigenvalue weighted by Crippen LogP contribution is 2.24. The third kappa shape index (κ3) is 3.00. The smallest absolute Gasteiger partial charge is 0.158 e. The van der Waals surface area contributed by atoms with E-state index in [1.807, 2.05) is 36.7 Å². The van der Waals surface area contributed by atoms with Crippen molar-refractivity contribution >= 4 is 22.6 Å². The molecular weight excluding hydrogens is 341 g/mol. The lowest BCUT2D eigenvalue weighted by Gasteiger charge is -2.07. The van der Waals surface area contributed by atoms with Crippen molar-refractivity contribution in [2.24, 2.45) is 7.05 Å². The summed E-state index contributed by atoms with van der Waals surface area (Å²) in [5.41, 5.74) is 3.58. The van der Waals surface area contributed by atoms with Crippen LogP contribution < -0.4 is 0 Å². The molecule has 2 aromatic heterocycles. The molecule has 0 saturated heterocycles. The lowest BCUT2D eigenvalue weighted by Crippen LogP contribution is -2.05. The molecule has 0 fully saturated rings. The number of fused-ring (bicyclic) bond motifs is 1. The Morgan fingerprint density at radius 1 is 1.16 bits per heavy atom. The van der Waals surface area contributed by atoms with Gasteiger partial charge in [0.1, 0.15) is 11.6 Å². The summed E-state index contributed by atoms with van der Waals surface area (Å²) >= 11 is 5.95. The van der Waals surface area contributed by atoms with E-state index in [1.54, 1.807) is 17.1 Å². The highest BCUT2D eigenvalue weighted by molar-refractivity contribution is 6.30. The third-order valence-corrected chi connectivity index (χ3v) is 4.23. The molecule has 0 atom stereocenters. The summed E-state index contributed by atoms with van der Waals surface area (Å²) in [5.74, 6) is 1.000. The molecule has 5 nitrogen and oxygen atoms in total. The molecule has 4 aromatic rings. The van der Waals surface area contributed by atoms with Gasteiger partial charge in [-0.05, 0) is 48.9 Å². The SMILES string of the molecule is Cc1nc(-c2ccc3c(c2)ncn3C)n(Cc2cc(F)cc(Cl)c2)n1. The van der Waals surface area contributed by atoms with Crippen LogP contribution >= 0.6 is 11.6 Å². The predicted octanol–water partition coefficient (Wildman–Crippen LogP) is 3.98. The number of aryl methyl sites for hydroxylation is 2. The molecule has 0 bridgehead atoms. The molecule has 2 aromatic carbocycles. The quantitative estimate of drug-likeness (QED) is 0.558. The van der Waals surface area contributed by atoms with E-state index < -0.39 is 0 Å². The molecule has 0 aliphatic heterocycles. The first-order valence-corrected chi connectivity index (χ1v) is 8.15. The van der Waals surface area contributed by atoms with Crippen LogP contribution in [0.1, 0.15) is 11.4 Å². The number of rotatable bonds is 3. The summed E-state index contributed by atoms with van der Waals surface area (Å²) in [6.07, 6.45) is 1.78. The molecule has 4 rings (SSSR count). The van der Waals surface area contributed by atoms with Crippen molar-refractivity contribution in [1.29, 1.82) is 0 Å². The summed E-state index contributed by atoms with van der Waals surface area (Å²) in [7, 11) is 1.95. The number of aromatic nitrogens is 5. The number of benzene rings is 2. The fourth-order valence-corrected chi connectivity index (χ4v) is 3.17. The summed E-state index contributed by atoms with van der Waals surface area (Å²) in [5, 5.41) is 4.81. The first-order valence-electron chi connectivity index (χ1n) is 7.77. The van der Waals surface area contributed by atoms with Crippen LogP contribution in [0, 0.1) is 12.7 Å². The highest BCUT2D eigenvalue weighted by atomic mass is 35.5. The van der Waals surface area contributed by atoms with Crippen molar-refractivity contribution < 1.29 is 4.39 Å². The first kappa shape index (κ1) is 15.8. The Balaban J connectivity index is 1.77. The Bertz CT molecular complexity index is 1060. The minimum Gasteiger partial charge on any atom is -0.334 e. The molecule has 0 aliphatic rings. The van der Waals surface area contributed by atoms with Crippen molar-refractivity contribution in [2.75, 3.05) is 0 Å². The van der Waals surface area contributed by atoms with Gasteiger partial charge in [-0.2, -0.15) is 5.10 Å². The minimum absolute atomic E-state index is 0.364. The summed E-state index contributed by atoms with van der Waals surface area (Å²) in [6, 6.07) is 10.4. The van der Waals surface area contributed by atoms with Crippen LogP contribution in [0.3, 0.4) is 0 Å². The molecule has 25 heavy (non-hydrogen) atoms. The maximum absolute atomic E-state index is 13.6. The van der Waals surface area contributed by atoms with Crippen LogP contribution in [0.5, 0.6) is 0 Å². The Labute approximate surface area is 148 Å². The fourth-order valence-electron chi connectivity index (χ4n) is 2.93. The molecule has 7 heteroatoms. The summed E-state index contributed by atoms with van der Waals surface area (Å²) in [4.78, 5) is 8.91. The van der Waals surface area contributed by atoms with Gasteiger partial charge in [-0.15, -0.1) is 0 Å². The molecule has 0 aliphatic carbocycles. The zero-order valence-electron chi connectivity index (χ0n) is 13.7. The largest absolute Gasteiger partial charge is 0.334 e. The molecule has 0 radical (unpaired) electrons. The van der Waals surface area contributed by atoms with Gasteiger partial charge in [-0.25, -0.2) is 19.0 Å². The van der Waals surface area contributed by atoms with Crippen molar-refractivity contribution in [3.63, 3.8) is 0 Å². The summed E-state index contributed by atoms with van der Waals surface area (Å²) in [6.45, 7) is 2.21. The zero-order valence-corrected chi connectivity index (χ0v) is 14.5. The van der Waals surface area contributed by atoms with Crippen LogP contribution in [0.25, 0.3) is 22.4 Å². The second-order valence-corrected chi connectivity index (χ2v) is 6.41. The van der Waals surface area contributed by atoms with E-state index in [9.17, 15) is 4.39 Å². The lowest BCUT2D eigenvalue weighted by molar-refractivity contribution is 0.619. The second kappa shape index (κ2) is 5.97. The van der Waals surface area contributed by atoms with E-state index in [0.29, 0.717) is 23.2 Å². The lowest BCUT2D eigenvalue weighted by atomic mass is 10.1. The van der Waals surface area contributed by atoms with Crippen LogP contribution in [-0.2, 0) is 13.6 Å². The van der Waals surface area contributed by atoms with Gasteiger partial charge in [0.05, 0.1) is 23.9 Å². The average Bonchev–Trinajstić information content (AvgIpc) is 3.09. The van der Waals surface area contributed by atoms with E-state index in [2.05, 4.69) is 15.1 Å². The topological polar surface area (TPSA) is 48.5 Å². The van der Waals surface area contributed by atoms with Gasteiger partial charge in [0.2, 0.25) is 0 Å². The van der Waals surface area contributed by atoms with Gasteiger partial charge in [-0.1, -0.05) is 11.6 Å². The van der Waals surface area contributed by atoms with Crippen molar-refractivity contribution in [3.05, 3.63) is 65.0 Å². The first-order chi connectivity index (χ1) is 12.0. The van der Waals surface area contributed by atoms with Crippen molar-refractivity contribution in [3.8, 4) is 11.4 Å². The molecule has 0 saturated carbocycles. The maximum Gasteiger partial charge on any atom is 0.158 e. The van der Waals surface area contributed by atoms with Crippen LogP contribution in [0.15, 0.2) is 42.7 Å². The summed E-state index contributed by atoms with van der Waals surface area (Å²) < 4.78 is 17.3. The zero-order chi connectivity index (χ0) is 17.6. The normalized spacial score (nSPS) is 11.4. The Morgan fingerprint density at radius 3 is 2.80 bits per heavy atom. The van der Waals surface area contributed by atoms with Gasteiger partial charge in [0, 0.05) is 17.6 Å². The van der Waals surface area contributed by atoms with Crippen LogP contribution in [0.4, 0.5) is 4.39 Å². The van der Waals surface area contributed by atoms with E-state index in [4.69, 9.17) is 11.6 Å². The maximum atomic E-state index is 13.6. The van der Waals surface area contributed by atoms with E-state index in [0.717, 1.165) is 22.2 Å². The number of hydrogen-bond donors (Lipinski definition) is 0. The van der Waals surface area contributed by atoms with E-state index in [1.165, 1.54) is 12.1 Å². The van der Waals surface area contributed by atoms with E-state index in [-0.39, 0.29) is 5.82 Å². The number of hydrogen-bond acceptors (Lipinski definition) is 3. The van der Waals surface area contributed by atoms with Gasteiger partial charge in [0.15, 0.2) is 5.82 Å². The Hall–Kier alpha value is -2.73. The fraction of sp³-hybridized carbons (Fsp3) is 0.167. The standard InChI is InChI=1S/C18H15ClFN5/c1-11-22-18(13-3-4-17-16(7-13)21-10-24(17)2)25(23-11)9-12-5-14(19)8-15(20)6-12/h3-8,10H,9H2,1-2H3. The second-order valence-electron chi connectivity index (χ2n) is 5.98. The molecule has 2 heterocycles. The average molecular weight is 356 g/mol. The Kier molecular flexibility index (Phi) is 3.77. The number of nitrogens with zero attached hydrogens (tertiary/aromatic N) is 5. The monoisotopic (exact) mass is 355 g/mol. The third-order valence-electron chi connectivity index (χ3n) is 4.02. The van der Waals surface area contributed by atoms with Gasteiger partial charge >= 0.3 is 0 Å². The molecule has 0 amide bonds. The molecule has 0 spiro atoms. The van der Waals surface area contributed by atoms with E-state index >= 15 is 0 Å². The van der Waals surface area contributed by atoms with Crippen molar-refractivity contribution in [2.45, 2.75) is 13.5 Å². The van der Waals surface area contributed by atoms with Crippen LogP contribution in [0.2, 0.25) is 5.02 Å². The molecule has 126 valence electrons. The molecule has 0 N–H and O–H groups in total. The number of halogens is 2. The van der Waals surface area contributed by atoms with Gasteiger partial charge in [-0.3, -0.25) is 0 Å². The van der Waals surface area contributed by atoms with Gasteiger partial charge < -0.3 is 4.57 Å². The van der Waals surface area contributed by atoms with Gasteiger partial charge in [0.25, 0.3) is 0 Å². The number of imidazole rings is 1. The highest BCUT2D eigenvalue weighted by Gasteiger charge is 2.13. The van der Waals surface area contributed by atoms with Crippen molar-refractivity contribution in [1.82, 2.24) is 24.3 Å². The predicted molar refractivity (Wildman–Crippen MR) is 95.0 cm³/mol. The minimum atomic E-state index is -0.365. The van der Waals surface area contributed by atoms with Crippen LogP contribution in [-0.4, -0.2) is 24.3 Å².